The van der Waals surface area contributed by atoms with Crippen molar-refractivity contribution in [1.82, 2.24) is 5.32 Å². The molecule has 0 rings (SSSR count). The fraction of sp³-hybridized carbons (Fsp3) is 0.714. The molecule has 1 amide bonds. The van der Waals surface area contributed by atoms with Crippen LogP contribution in [0.3, 0.4) is 0 Å². The van der Waals surface area contributed by atoms with Crippen LogP contribution in [0.15, 0.2) is 0 Å². The van der Waals surface area contributed by atoms with Gasteiger partial charge in [-0.1, -0.05) is 0 Å². The molecule has 0 aliphatic heterocycles. The second-order valence-electron chi connectivity index (χ2n) is 2.93. The maximum atomic E-state index is 11.8. The smallest absolute Gasteiger partial charge is 0.471 e. The van der Waals surface area contributed by atoms with E-state index in [9.17, 15) is 27.0 Å². The van der Waals surface area contributed by atoms with Crippen molar-refractivity contribution >= 4 is 22.7 Å². The lowest BCUT2D eigenvalue weighted by molar-refractivity contribution is -0.175. The van der Waals surface area contributed by atoms with Crippen LogP contribution in [0.4, 0.5) is 13.2 Å². The Morgan fingerprint density at radius 2 is 1.94 bits per heavy atom. The summed E-state index contributed by atoms with van der Waals surface area (Å²) in [5.41, 5.74) is 0. The van der Waals surface area contributed by atoms with E-state index in [2.05, 4.69) is 0 Å². The Kier molecular flexibility index (Phi) is 5.42. The van der Waals surface area contributed by atoms with E-state index in [0.29, 0.717) is 0 Å². The number of carboxylic acids is 1. The molecule has 94 valence electrons. The summed E-state index contributed by atoms with van der Waals surface area (Å²) >= 11 is 0. The molecule has 0 spiro atoms. The van der Waals surface area contributed by atoms with Gasteiger partial charge >= 0.3 is 18.1 Å². The van der Waals surface area contributed by atoms with E-state index < -0.39 is 34.9 Å². The van der Waals surface area contributed by atoms with Crippen molar-refractivity contribution in [3.8, 4) is 0 Å². The topological polar surface area (TPSA) is 83.5 Å². The van der Waals surface area contributed by atoms with Crippen molar-refractivity contribution in [2.75, 3.05) is 12.0 Å². The van der Waals surface area contributed by atoms with E-state index in [1.807, 2.05) is 0 Å². The standard InChI is InChI=1S/C7H10F3NO4S/c1-16(15)3-2-4(5(12)13)11-6(14)7(8,9)10/h4H,2-3H2,1H3,(H,11,14)(H,12,13)/t4-,16?/m0/s1. The Hall–Kier alpha value is -1.12. The number of carbonyl (C=O) groups is 2. The molecule has 2 N–H and O–H groups in total. The fourth-order valence-electron chi connectivity index (χ4n) is 0.781. The minimum absolute atomic E-state index is 0.102. The van der Waals surface area contributed by atoms with Crippen molar-refractivity contribution < 1.29 is 32.1 Å². The number of hydrogen-bond donors (Lipinski definition) is 2. The van der Waals surface area contributed by atoms with Gasteiger partial charge in [-0.05, 0) is 6.42 Å². The first-order valence-corrected chi connectivity index (χ1v) is 5.78. The summed E-state index contributed by atoms with van der Waals surface area (Å²) < 4.78 is 46.1. The van der Waals surface area contributed by atoms with Crippen LogP contribution in [0.1, 0.15) is 6.42 Å². The number of nitrogens with one attached hydrogen (secondary N) is 1. The zero-order valence-corrected chi connectivity index (χ0v) is 9.02. The SMILES string of the molecule is CS(=O)CC[C@H](NC(=O)C(F)(F)F)C(=O)O. The summed E-state index contributed by atoms with van der Waals surface area (Å²) in [5, 5.41) is 9.83. The summed E-state index contributed by atoms with van der Waals surface area (Å²) in [5.74, 6) is -4.01. The molecule has 0 aromatic heterocycles. The lowest BCUT2D eigenvalue weighted by atomic mass is 10.2. The van der Waals surface area contributed by atoms with Crippen molar-refractivity contribution in [3.05, 3.63) is 0 Å². The third kappa shape index (κ3) is 5.69. The van der Waals surface area contributed by atoms with Gasteiger partial charge in [0.25, 0.3) is 0 Å². The lowest BCUT2D eigenvalue weighted by Gasteiger charge is -2.14. The zero-order valence-electron chi connectivity index (χ0n) is 8.21. The number of hydrogen-bond acceptors (Lipinski definition) is 3. The van der Waals surface area contributed by atoms with Crippen LogP contribution in [0.25, 0.3) is 0 Å². The van der Waals surface area contributed by atoms with Crippen molar-refractivity contribution in [3.63, 3.8) is 0 Å². The molecule has 0 aromatic rings. The van der Waals surface area contributed by atoms with Crippen molar-refractivity contribution in [1.29, 1.82) is 0 Å². The minimum atomic E-state index is -5.13. The van der Waals surface area contributed by atoms with Gasteiger partial charge in [0.1, 0.15) is 6.04 Å². The molecule has 0 heterocycles. The molecule has 0 aliphatic carbocycles. The van der Waals surface area contributed by atoms with Crippen LogP contribution >= 0.6 is 0 Å². The molecule has 0 saturated carbocycles. The van der Waals surface area contributed by atoms with Crippen LogP contribution in [-0.4, -0.2) is 45.4 Å². The number of halogens is 3. The third-order valence-electron chi connectivity index (χ3n) is 1.55. The first kappa shape index (κ1) is 14.9. The highest BCUT2D eigenvalue weighted by Gasteiger charge is 2.40. The Balaban J connectivity index is 4.41. The average molecular weight is 261 g/mol. The number of carboxylic acid groups (broad SMARTS) is 1. The van der Waals surface area contributed by atoms with Crippen LogP contribution in [-0.2, 0) is 20.4 Å². The predicted octanol–water partition coefficient (Wildman–Crippen LogP) is -0.113. The normalized spacial score (nSPS) is 15.2. The quantitative estimate of drug-likeness (QED) is 0.723. The monoisotopic (exact) mass is 261 g/mol. The maximum Gasteiger partial charge on any atom is 0.471 e. The van der Waals surface area contributed by atoms with E-state index in [4.69, 9.17) is 5.11 Å². The second-order valence-corrected chi connectivity index (χ2v) is 4.48. The van der Waals surface area contributed by atoms with Gasteiger partial charge in [-0.15, -0.1) is 0 Å². The number of alkyl halides is 3. The van der Waals surface area contributed by atoms with Gasteiger partial charge in [0.15, 0.2) is 0 Å². The van der Waals surface area contributed by atoms with Gasteiger partial charge in [0.05, 0.1) is 0 Å². The van der Waals surface area contributed by atoms with E-state index in [0.717, 1.165) is 0 Å². The number of amides is 1. The molecular weight excluding hydrogens is 251 g/mol. The van der Waals surface area contributed by atoms with Gasteiger partial charge in [0, 0.05) is 22.8 Å². The summed E-state index contributed by atoms with van der Waals surface area (Å²) in [6, 6.07) is -1.68. The molecule has 9 heteroatoms. The van der Waals surface area contributed by atoms with Crippen molar-refractivity contribution in [2.45, 2.75) is 18.6 Å². The average Bonchev–Trinajstić information content (AvgIpc) is 2.09. The zero-order chi connectivity index (χ0) is 12.9. The van der Waals surface area contributed by atoms with Crippen molar-refractivity contribution in [2.24, 2.45) is 0 Å². The van der Waals surface area contributed by atoms with Crippen LogP contribution in [0, 0.1) is 0 Å². The van der Waals surface area contributed by atoms with E-state index in [1.54, 1.807) is 0 Å². The molecule has 0 radical (unpaired) electrons. The fourth-order valence-corrected chi connectivity index (χ4v) is 1.35. The molecule has 0 fully saturated rings. The summed E-state index contributed by atoms with van der Waals surface area (Å²) in [7, 11) is -1.33. The maximum absolute atomic E-state index is 11.8. The van der Waals surface area contributed by atoms with Crippen LogP contribution in [0.2, 0.25) is 0 Å². The summed E-state index contributed by atoms with van der Waals surface area (Å²) in [6.45, 7) is 0. The number of aliphatic carboxylic acids is 1. The van der Waals surface area contributed by atoms with Gasteiger partial charge in [0.2, 0.25) is 0 Å². The molecule has 0 bridgehead atoms. The lowest BCUT2D eigenvalue weighted by Crippen LogP contribution is -2.47. The molecule has 2 atom stereocenters. The molecule has 16 heavy (non-hydrogen) atoms. The molecule has 0 aromatic carbocycles. The second kappa shape index (κ2) is 5.83. The van der Waals surface area contributed by atoms with Gasteiger partial charge in [-0.3, -0.25) is 9.00 Å². The van der Waals surface area contributed by atoms with Gasteiger partial charge < -0.3 is 10.4 Å². The Morgan fingerprint density at radius 3 is 2.25 bits per heavy atom. The highest BCUT2D eigenvalue weighted by atomic mass is 32.2. The van der Waals surface area contributed by atoms with E-state index in [-0.39, 0.29) is 12.2 Å². The molecular formula is C7H10F3NO4S. The Bertz CT molecular complexity index is 304. The highest BCUT2D eigenvalue weighted by Crippen LogP contribution is 2.14. The predicted molar refractivity (Wildman–Crippen MR) is 49.2 cm³/mol. The van der Waals surface area contributed by atoms with Gasteiger partial charge in [-0.2, -0.15) is 13.2 Å². The van der Waals surface area contributed by atoms with Gasteiger partial charge in [-0.25, -0.2) is 4.79 Å². The molecule has 1 unspecified atom stereocenters. The Labute approximate surface area is 91.5 Å². The largest absolute Gasteiger partial charge is 0.480 e. The number of rotatable bonds is 5. The van der Waals surface area contributed by atoms with Crippen LogP contribution < -0.4 is 5.32 Å². The van der Waals surface area contributed by atoms with E-state index in [1.165, 1.54) is 11.6 Å². The molecule has 0 aliphatic rings. The Morgan fingerprint density at radius 1 is 1.44 bits per heavy atom. The summed E-state index contributed by atoms with van der Waals surface area (Å²) in [6.07, 6.45) is -4.16. The molecule has 5 nitrogen and oxygen atoms in total. The third-order valence-corrected chi connectivity index (χ3v) is 2.37. The molecule has 0 saturated heterocycles. The van der Waals surface area contributed by atoms with Crippen LogP contribution in [0.5, 0.6) is 0 Å². The first-order chi connectivity index (χ1) is 7.14. The summed E-state index contributed by atoms with van der Waals surface area (Å²) in [4.78, 5) is 20.9. The highest BCUT2D eigenvalue weighted by molar-refractivity contribution is 7.84. The first-order valence-electron chi connectivity index (χ1n) is 4.05. The number of carbonyl (C=O) groups excluding carboxylic acids is 1. The van der Waals surface area contributed by atoms with E-state index >= 15 is 0 Å². The minimum Gasteiger partial charge on any atom is -0.480 e.